The molecule has 0 radical (unpaired) electrons. The fourth-order valence-electron chi connectivity index (χ4n) is 1.96. The van der Waals surface area contributed by atoms with Gasteiger partial charge in [-0.3, -0.25) is 9.78 Å². The maximum absolute atomic E-state index is 12.9. The molecule has 2 aromatic rings. The van der Waals surface area contributed by atoms with Crippen LogP contribution in [0.4, 0.5) is 24.5 Å². The second kappa shape index (κ2) is 7.53. The van der Waals surface area contributed by atoms with Crippen LogP contribution in [0.15, 0.2) is 36.7 Å². The van der Waals surface area contributed by atoms with Gasteiger partial charge in [0.2, 0.25) is 0 Å². The number of anilines is 2. The molecule has 1 heterocycles. The van der Waals surface area contributed by atoms with Crippen LogP contribution in [0.1, 0.15) is 29.3 Å². The molecule has 0 aliphatic carbocycles. The van der Waals surface area contributed by atoms with Crippen LogP contribution in [-0.4, -0.2) is 17.4 Å². The Labute approximate surface area is 142 Å². The third-order valence-corrected chi connectivity index (χ3v) is 3.43. The Morgan fingerprint density at radius 2 is 1.96 bits per heavy atom. The van der Waals surface area contributed by atoms with Crippen LogP contribution in [0.5, 0.6) is 0 Å². The number of pyridine rings is 1. The summed E-state index contributed by atoms with van der Waals surface area (Å²) in [4.78, 5) is 15.8. The van der Waals surface area contributed by atoms with E-state index < -0.39 is 11.7 Å². The first-order valence-electron chi connectivity index (χ1n) is 7.18. The summed E-state index contributed by atoms with van der Waals surface area (Å²) in [6, 6.07) is 5.01. The molecule has 1 aromatic carbocycles. The number of hydrogen-bond donors (Lipinski definition) is 2. The summed E-state index contributed by atoms with van der Waals surface area (Å²) in [6.07, 6.45) is -0.950. The molecule has 128 valence electrons. The van der Waals surface area contributed by atoms with Crippen LogP contribution >= 0.6 is 11.6 Å². The topological polar surface area (TPSA) is 54.0 Å². The molecule has 4 nitrogen and oxygen atoms in total. The molecule has 0 saturated carbocycles. The number of nitrogens with one attached hydrogen (secondary N) is 2. The summed E-state index contributed by atoms with van der Waals surface area (Å²) >= 11 is 5.59. The molecule has 1 amide bonds. The Morgan fingerprint density at radius 1 is 1.21 bits per heavy atom. The number of halogens is 4. The van der Waals surface area contributed by atoms with Crippen molar-refractivity contribution in [2.45, 2.75) is 19.5 Å². The number of hydrogen-bond acceptors (Lipinski definition) is 3. The van der Waals surface area contributed by atoms with Gasteiger partial charge >= 0.3 is 6.18 Å². The van der Waals surface area contributed by atoms with Crippen molar-refractivity contribution in [1.29, 1.82) is 0 Å². The van der Waals surface area contributed by atoms with Crippen molar-refractivity contribution in [2.75, 3.05) is 11.9 Å². The quantitative estimate of drug-likeness (QED) is 0.819. The Bertz CT molecular complexity index is 735. The van der Waals surface area contributed by atoms with Gasteiger partial charge in [-0.2, -0.15) is 13.2 Å². The lowest BCUT2D eigenvalue weighted by atomic mass is 10.2. The Hall–Kier alpha value is -2.28. The monoisotopic (exact) mass is 357 g/mol. The largest absolute Gasteiger partial charge is 0.417 e. The molecule has 0 saturated heterocycles. The summed E-state index contributed by atoms with van der Waals surface area (Å²) in [5.41, 5.74) is -0.0216. The van der Waals surface area contributed by atoms with Crippen molar-refractivity contribution in [3.63, 3.8) is 0 Å². The molecule has 0 unspecified atom stereocenters. The van der Waals surface area contributed by atoms with E-state index in [9.17, 15) is 18.0 Å². The minimum Gasteiger partial charge on any atom is -0.354 e. The lowest BCUT2D eigenvalue weighted by Crippen LogP contribution is -2.24. The molecule has 0 aliphatic rings. The maximum Gasteiger partial charge on any atom is 0.417 e. The van der Waals surface area contributed by atoms with Crippen molar-refractivity contribution in [3.8, 4) is 0 Å². The number of carbonyl (C=O) groups excluding carboxylic acids is 1. The molecule has 0 atom stereocenters. The van der Waals surface area contributed by atoms with Crippen LogP contribution in [-0.2, 0) is 6.18 Å². The van der Waals surface area contributed by atoms with Crippen LogP contribution in [0.3, 0.4) is 0 Å². The second-order valence-corrected chi connectivity index (χ2v) is 5.44. The number of alkyl halides is 3. The predicted octanol–water partition coefficient (Wildman–Crippen LogP) is 4.64. The number of nitrogens with zero attached hydrogens (tertiary/aromatic N) is 1. The predicted molar refractivity (Wildman–Crippen MR) is 86.6 cm³/mol. The van der Waals surface area contributed by atoms with Gasteiger partial charge in [0.25, 0.3) is 5.91 Å². The molecule has 0 aliphatic heterocycles. The second-order valence-electron chi connectivity index (χ2n) is 5.04. The van der Waals surface area contributed by atoms with Crippen molar-refractivity contribution >= 4 is 28.9 Å². The number of aromatic nitrogens is 1. The van der Waals surface area contributed by atoms with Gasteiger partial charge in [-0.25, -0.2) is 0 Å². The van der Waals surface area contributed by atoms with Gasteiger partial charge in [-0.05, 0) is 30.7 Å². The number of rotatable bonds is 5. The summed E-state index contributed by atoms with van der Waals surface area (Å²) in [5, 5.41) is 5.12. The van der Waals surface area contributed by atoms with E-state index in [1.807, 2.05) is 6.92 Å². The SMILES string of the molecule is CCCNC(=O)c1cncc(Nc2ccc(Cl)c(C(F)(F)F)c2)c1. The molecular weight excluding hydrogens is 343 g/mol. The van der Waals surface area contributed by atoms with Crippen molar-refractivity contribution in [3.05, 3.63) is 52.8 Å². The van der Waals surface area contributed by atoms with Crippen LogP contribution < -0.4 is 10.6 Å². The molecule has 0 bridgehead atoms. The van der Waals surface area contributed by atoms with E-state index in [-0.39, 0.29) is 16.6 Å². The molecule has 24 heavy (non-hydrogen) atoms. The highest BCUT2D eigenvalue weighted by molar-refractivity contribution is 6.31. The Kier molecular flexibility index (Phi) is 5.66. The van der Waals surface area contributed by atoms with Gasteiger partial charge in [-0.15, -0.1) is 0 Å². The third kappa shape index (κ3) is 4.61. The molecular formula is C16H15ClF3N3O. The molecule has 0 spiro atoms. The smallest absolute Gasteiger partial charge is 0.354 e. The highest BCUT2D eigenvalue weighted by Crippen LogP contribution is 2.36. The fourth-order valence-corrected chi connectivity index (χ4v) is 2.18. The first kappa shape index (κ1) is 18.1. The zero-order valence-corrected chi connectivity index (χ0v) is 13.5. The molecule has 0 fully saturated rings. The summed E-state index contributed by atoms with van der Waals surface area (Å²) in [6.45, 7) is 2.46. The Balaban J connectivity index is 2.21. The molecule has 2 rings (SSSR count). The van der Waals surface area contributed by atoms with Gasteiger partial charge in [0.1, 0.15) is 0 Å². The van der Waals surface area contributed by atoms with E-state index in [1.54, 1.807) is 0 Å². The van der Waals surface area contributed by atoms with Gasteiger partial charge in [0, 0.05) is 18.4 Å². The number of amides is 1. The van der Waals surface area contributed by atoms with E-state index in [1.165, 1.54) is 24.5 Å². The number of benzene rings is 1. The minimum atomic E-state index is -4.55. The van der Waals surface area contributed by atoms with Gasteiger partial charge in [0.05, 0.1) is 28.0 Å². The summed E-state index contributed by atoms with van der Waals surface area (Å²) in [7, 11) is 0. The van der Waals surface area contributed by atoms with E-state index in [2.05, 4.69) is 15.6 Å². The van der Waals surface area contributed by atoms with Gasteiger partial charge in [-0.1, -0.05) is 18.5 Å². The normalized spacial score (nSPS) is 11.2. The summed E-state index contributed by atoms with van der Waals surface area (Å²) < 4.78 is 38.6. The highest BCUT2D eigenvalue weighted by atomic mass is 35.5. The van der Waals surface area contributed by atoms with Crippen LogP contribution in [0, 0.1) is 0 Å². The van der Waals surface area contributed by atoms with Gasteiger partial charge < -0.3 is 10.6 Å². The van der Waals surface area contributed by atoms with E-state index >= 15 is 0 Å². The van der Waals surface area contributed by atoms with E-state index in [0.717, 1.165) is 18.6 Å². The standard InChI is InChI=1S/C16H15ClF3N3O/c1-2-5-22-15(24)10-6-12(9-21-8-10)23-11-3-4-14(17)13(7-11)16(18,19)20/h3-4,6-9,23H,2,5H2,1H3,(H,22,24). The molecule has 8 heteroatoms. The first-order chi connectivity index (χ1) is 11.3. The minimum absolute atomic E-state index is 0.194. The van der Waals surface area contributed by atoms with Gasteiger partial charge in [0.15, 0.2) is 0 Å². The van der Waals surface area contributed by atoms with Crippen LogP contribution in [0.2, 0.25) is 5.02 Å². The van der Waals surface area contributed by atoms with Crippen LogP contribution in [0.25, 0.3) is 0 Å². The number of carbonyl (C=O) groups is 1. The maximum atomic E-state index is 12.9. The fraction of sp³-hybridized carbons (Fsp3) is 0.250. The average molecular weight is 358 g/mol. The van der Waals surface area contributed by atoms with Crippen molar-refractivity contribution in [2.24, 2.45) is 0 Å². The molecule has 1 aromatic heterocycles. The lowest BCUT2D eigenvalue weighted by Gasteiger charge is -2.12. The molecule has 2 N–H and O–H groups in total. The highest BCUT2D eigenvalue weighted by Gasteiger charge is 2.33. The van der Waals surface area contributed by atoms with E-state index in [0.29, 0.717) is 17.8 Å². The zero-order chi connectivity index (χ0) is 17.7. The van der Waals surface area contributed by atoms with Crippen molar-refractivity contribution in [1.82, 2.24) is 10.3 Å². The zero-order valence-electron chi connectivity index (χ0n) is 12.7. The summed E-state index contributed by atoms with van der Waals surface area (Å²) in [5.74, 6) is -0.292. The average Bonchev–Trinajstić information content (AvgIpc) is 2.53. The lowest BCUT2D eigenvalue weighted by molar-refractivity contribution is -0.137. The first-order valence-corrected chi connectivity index (χ1v) is 7.56. The Morgan fingerprint density at radius 3 is 2.62 bits per heavy atom. The third-order valence-electron chi connectivity index (χ3n) is 3.10. The van der Waals surface area contributed by atoms with Crippen molar-refractivity contribution < 1.29 is 18.0 Å². The van der Waals surface area contributed by atoms with E-state index in [4.69, 9.17) is 11.6 Å².